The van der Waals surface area contributed by atoms with Gasteiger partial charge in [0.2, 0.25) is 0 Å². The van der Waals surface area contributed by atoms with E-state index in [9.17, 15) is 4.79 Å². The monoisotopic (exact) mass is 233 g/mol. The van der Waals surface area contributed by atoms with E-state index in [1.54, 1.807) is 24.3 Å². The van der Waals surface area contributed by atoms with Crippen LogP contribution in [0.15, 0.2) is 35.0 Å². The smallest absolute Gasteiger partial charge is 0.174 e. The molecule has 1 aromatic heterocycles. The van der Waals surface area contributed by atoms with Crippen LogP contribution in [-0.2, 0) is 6.61 Å². The summed E-state index contributed by atoms with van der Waals surface area (Å²) in [6.07, 6.45) is 2.29. The van der Waals surface area contributed by atoms with Crippen LogP contribution in [0.2, 0.25) is 0 Å². The first-order valence-corrected chi connectivity index (χ1v) is 4.99. The molecule has 1 aromatic carbocycles. The van der Waals surface area contributed by atoms with Gasteiger partial charge in [0.1, 0.15) is 12.9 Å². The van der Waals surface area contributed by atoms with E-state index in [0.717, 1.165) is 6.29 Å². The fraction of sp³-hybridized carbons (Fsp3) is 0.167. The van der Waals surface area contributed by atoms with Gasteiger partial charge in [-0.15, -0.1) is 0 Å². The van der Waals surface area contributed by atoms with Gasteiger partial charge in [0.15, 0.2) is 17.3 Å². The Bertz CT molecular complexity index is 493. The van der Waals surface area contributed by atoms with Gasteiger partial charge in [-0.2, -0.15) is 0 Å². The van der Waals surface area contributed by atoms with Crippen molar-refractivity contribution < 1.29 is 18.8 Å². The third-order valence-corrected chi connectivity index (χ3v) is 2.18. The number of ether oxygens (including phenoxy) is 2. The fourth-order valence-electron chi connectivity index (χ4n) is 1.34. The number of carbonyl (C=O) groups excluding carboxylic acids is 1. The van der Waals surface area contributed by atoms with Gasteiger partial charge in [-0.25, -0.2) is 0 Å². The Morgan fingerprint density at radius 3 is 2.88 bits per heavy atom. The molecule has 88 valence electrons. The zero-order chi connectivity index (χ0) is 12.1. The Labute approximate surface area is 97.9 Å². The van der Waals surface area contributed by atoms with Gasteiger partial charge in [0.05, 0.1) is 13.3 Å². The van der Waals surface area contributed by atoms with Crippen LogP contribution >= 0.6 is 0 Å². The van der Waals surface area contributed by atoms with Crippen LogP contribution in [0, 0.1) is 0 Å². The van der Waals surface area contributed by atoms with Crippen molar-refractivity contribution in [1.29, 1.82) is 0 Å². The van der Waals surface area contributed by atoms with Crippen LogP contribution in [0.1, 0.15) is 16.1 Å². The van der Waals surface area contributed by atoms with Gasteiger partial charge in [-0.1, -0.05) is 5.16 Å². The molecule has 0 spiro atoms. The van der Waals surface area contributed by atoms with Crippen molar-refractivity contribution in [2.24, 2.45) is 0 Å². The molecule has 0 aliphatic rings. The predicted octanol–water partition coefficient (Wildman–Crippen LogP) is 2.07. The second kappa shape index (κ2) is 5.16. The molecule has 0 saturated carbocycles. The van der Waals surface area contributed by atoms with E-state index in [0.29, 0.717) is 22.8 Å². The summed E-state index contributed by atoms with van der Waals surface area (Å²) in [5.74, 6) is 1.66. The first-order chi connectivity index (χ1) is 8.33. The highest BCUT2D eigenvalue weighted by atomic mass is 16.5. The molecular formula is C12H11NO4. The quantitative estimate of drug-likeness (QED) is 0.740. The number of rotatable bonds is 5. The first kappa shape index (κ1) is 11.2. The van der Waals surface area contributed by atoms with Crippen LogP contribution in [0.5, 0.6) is 11.5 Å². The second-order valence-corrected chi connectivity index (χ2v) is 3.30. The molecule has 0 unspecified atom stereocenters. The Hall–Kier alpha value is -2.30. The Morgan fingerprint density at radius 1 is 1.35 bits per heavy atom. The molecule has 5 nitrogen and oxygen atoms in total. The second-order valence-electron chi connectivity index (χ2n) is 3.30. The van der Waals surface area contributed by atoms with Crippen molar-refractivity contribution >= 4 is 6.29 Å². The van der Waals surface area contributed by atoms with E-state index in [4.69, 9.17) is 14.0 Å². The lowest BCUT2D eigenvalue weighted by molar-refractivity contribution is 0.112. The highest BCUT2D eigenvalue weighted by Crippen LogP contribution is 2.28. The number of benzene rings is 1. The number of methoxy groups -OCH3 is 1. The van der Waals surface area contributed by atoms with Gasteiger partial charge in [0, 0.05) is 11.6 Å². The van der Waals surface area contributed by atoms with Crippen LogP contribution in [0.25, 0.3) is 0 Å². The number of aromatic nitrogens is 1. The molecule has 0 bridgehead atoms. The zero-order valence-electron chi connectivity index (χ0n) is 9.25. The van der Waals surface area contributed by atoms with Crippen LogP contribution < -0.4 is 9.47 Å². The maximum Gasteiger partial charge on any atom is 0.174 e. The van der Waals surface area contributed by atoms with Gasteiger partial charge in [0.25, 0.3) is 0 Å². The summed E-state index contributed by atoms with van der Waals surface area (Å²) in [6, 6.07) is 6.66. The van der Waals surface area contributed by atoms with Crippen LogP contribution in [-0.4, -0.2) is 18.6 Å². The summed E-state index contributed by atoms with van der Waals surface area (Å²) in [5.41, 5.74) is 0.526. The molecule has 0 aliphatic carbocycles. The average molecular weight is 233 g/mol. The number of aldehydes is 1. The third kappa shape index (κ3) is 2.63. The number of carbonyl (C=O) groups is 1. The molecular weight excluding hydrogens is 222 g/mol. The summed E-state index contributed by atoms with van der Waals surface area (Å²) in [6.45, 7) is 0.235. The van der Waals surface area contributed by atoms with Gasteiger partial charge in [-0.05, 0) is 18.2 Å². The largest absolute Gasteiger partial charge is 0.493 e. The van der Waals surface area contributed by atoms with Crippen LogP contribution in [0.4, 0.5) is 0 Å². The lowest BCUT2D eigenvalue weighted by Gasteiger charge is -2.09. The molecule has 0 atom stereocenters. The normalized spacial score (nSPS) is 9.94. The van der Waals surface area contributed by atoms with Crippen molar-refractivity contribution in [2.75, 3.05) is 7.11 Å². The first-order valence-electron chi connectivity index (χ1n) is 4.99. The molecule has 17 heavy (non-hydrogen) atoms. The minimum absolute atomic E-state index is 0.235. The molecule has 5 heteroatoms. The van der Waals surface area contributed by atoms with Crippen molar-refractivity contribution in [1.82, 2.24) is 5.16 Å². The minimum atomic E-state index is 0.235. The van der Waals surface area contributed by atoms with Crippen LogP contribution in [0.3, 0.4) is 0 Å². The topological polar surface area (TPSA) is 61.6 Å². The lowest BCUT2D eigenvalue weighted by atomic mass is 10.2. The third-order valence-electron chi connectivity index (χ3n) is 2.18. The van der Waals surface area contributed by atoms with Crippen molar-refractivity contribution in [3.63, 3.8) is 0 Å². The summed E-state index contributed by atoms with van der Waals surface area (Å²) in [7, 11) is 1.54. The maximum atomic E-state index is 10.7. The molecule has 1 heterocycles. The zero-order valence-corrected chi connectivity index (χ0v) is 9.25. The SMILES string of the molecule is COc1ccc(C=O)cc1OCc1ccno1. The predicted molar refractivity (Wildman–Crippen MR) is 59.2 cm³/mol. The summed E-state index contributed by atoms with van der Waals surface area (Å²) >= 11 is 0. The standard InChI is InChI=1S/C12H11NO4/c1-15-11-3-2-9(7-14)6-12(11)16-8-10-4-5-13-17-10/h2-7H,8H2,1H3. The summed E-state index contributed by atoms with van der Waals surface area (Å²) in [5, 5.41) is 3.57. The number of nitrogens with zero attached hydrogens (tertiary/aromatic N) is 1. The van der Waals surface area contributed by atoms with E-state index in [2.05, 4.69) is 5.16 Å². The van der Waals surface area contributed by atoms with E-state index in [1.165, 1.54) is 13.3 Å². The Kier molecular flexibility index (Phi) is 3.40. The molecule has 2 rings (SSSR count). The summed E-state index contributed by atoms with van der Waals surface area (Å²) in [4.78, 5) is 10.7. The molecule has 0 N–H and O–H groups in total. The van der Waals surface area contributed by atoms with E-state index in [-0.39, 0.29) is 6.61 Å². The maximum absolute atomic E-state index is 10.7. The molecule has 0 fully saturated rings. The highest BCUT2D eigenvalue weighted by molar-refractivity contribution is 5.76. The molecule has 0 aliphatic heterocycles. The van der Waals surface area contributed by atoms with Gasteiger partial charge >= 0.3 is 0 Å². The van der Waals surface area contributed by atoms with E-state index < -0.39 is 0 Å². The van der Waals surface area contributed by atoms with Crippen molar-refractivity contribution in [3.05, 3.63) is 41.8 Å². The van der Waals surface area contributed by atoms with E-state index in [1.807, 2.05) is 0 Å². The Morgan fingerprint density at radius 2 is 2.24 bits per heavy atom. The Balaban J connectivity index is 2.15. The van der Waals surface area contributed by atoms with Gasteiger partial charge < -0.3 is 14.0 Å². The van der Waals surface area contributed by atoms with E-state index >= 15 is 0 Å². The number of hydrogen-bond acceptors (Lipinski definition) is 5. The fourth-order valence-corrected chi connectivity index (χ4v) is 1.34. The van der Waals surface area contributed by atoms with Gasteiger partial charge in [-0.3, -0.25) is 4.79 Å². The summed E-state index contributed by atoms with van der Waals surface area (Å²) < 4.78 is 15.5. The number of hydrogen-bond donors (Lipinski definition) is 0. The minimum Gasteiger partial charge on any atom is -0.493 e. The molecule has 0 radical (unpaired) electrons. The van der Waals surface area contributed by atoms with Crippen molar-refractivity contribution in [2.45, 2.75) is 6.61 Å². The molecule has 0 amide bonds. The highest BCUT2D eigenvalue weighted by Gasteiger charge is 2.07. The lowest BCUT2D eigenvalue weighted by Crippen LogP contribution is -1.97. The molecule has 0 saturated heterocycles. The van der Waals surface area contributed by atoms with Crippen molar-refractivity contribution in [3.8, 4) is 11.5 Å². The average Bonchev–Trinajstić information content (AvgIpc) is 2.89. The molecule has 2 aromatic rings.